The van der Waals surface area contributed by atoms with E-state index in [9.17, 15) is 0 Å². The monoisotopic (exact) mass is 504 g/mol. The number of hydrogen-bond acceptors (Lipinski definition) is 7. The summed E-state index contributed by atoms with van der Waals surface area (Å²) in [6.07, 6.45) is 3.37. The van der Waals surface area contributed by atoms with Gasteiger partial charge in [-0.05, 0) is 41.8 Å². The average molecular weight is 505 g/mol. The first-order valence-electron chi connectivity index (χ1n) is 12.5. The van der Waals surface area contributed by atoms with Crippen LogP contribution < -0.4 is 23.7 Å². The maximum absolute atomic E-state index is 9.00. The maximum Gasteiger partial charge on any atom is 0.203 e. The number of fused-ring (bicyclic) bond motifs is 1. The molecule has 1 aliphatic rings. The van der Waals surface area contributed by atoms with E-state index in [0.717, 1.165) is 53.9 Å². The molecule has 0 aromatic heterocycles. The second-order valence-electron chi connectivity index (χ2n) is 9.38. The lowest BCUT2D eigenvalue weighted by atomic mass is 9.86. The molecule has 0 radical (unpaired) electrons. The van der Waals surface area contributed by atoms with E-state index in [4.69, 9.17) is 33.5 Å². The van der Waals surface area contributed by atoms with Crippen molar-refractivity contribution in [3.05, 3.63) is 41.0 Å². The Kier molecular flexibility index (Phi) is 10.1. The van der Waals surface area contributed by atoms with Gasteiger partial charge in [-0.3, -0.25) is 0 Å². The highest BCUT2D eigenvalue weighted by Crippen LogP contribution is 2.44. The third kappa shape index (κ3) is 6.17. The molecule has 36 heavy (non-hydrogen) atoms. The van der Waals surface area contributed by atoms with Crippen molar-refractivity contribution in [2.75, 3.05) is 75.5 Å². The molecule has 200 valence electrons. The highest BCUT2D eigenvalue weighted by Gasteiger charge is 2.40. The summed E-state index contributed by atoms with van der Waals surface area (Å²) in [5.74, 6) is 3.41. The molecule has 0 amide bonds. The molecule has 2 atom stereocenters. The van der Waals surface area contributed by atoms with Crippen LogP contribution in [0.4, 0.5) is 0 Å². The quantitative estimate of drug-likeness (QED) is 0.310. The van der Waals surface area contributed by atoms with Crippen LogP contribution in [0.15, 0.2) is 24.3 Å². The zero-order valence-electron chi connectivity index (χ0n) is 22.6. The molecule has 3 rings (SSSR count). The summed E-state index contributed by atoms with van der Waals surface area (Å²) in [6.45, 7) is 3.42. The third-order valence-corrected chi connectivity index (χ3v) is 7.21. The van der Waals surface area contributed by atoms with E-state index in [-0.39, 0.29) is 12.6 Å². The smallest absolute Gasteiger partial charge is 0.203 e. The van der Waals surface area contributed by atoms with Crippen molar-refractivity contribution >= 4 is 0 Å². The number of hydrogen-bond donors (Lipinski definition) is 1. The van der Waals surface area contributed by atoms with Crippen LogP contribution in [0.25, 0.3) is 0 Å². The molecule has 1 heterocycles. The molecular formula is C28H42NO7+. The minimum Gasteiger partial charge on any atom is -0.493 e. The van der Waals surface area contributed by atoms with Gasteiger partial charge in [-0.25, -0.2) is 0 Å². The Morgan fingerprint density at radius 2 is 1.42 bits per heavy atom. The number of likely N-dealkylation sites (N-methyl/N-ethyl adjacent to an activating group) is 1. The van der Waals surface area contributed by atoms with E-state index >= 15 is 0 Å². The van der Waals surface area contributed by atoms with Crippen LogP contribution in [0.5, 0.6) is 28.7 Å². The molecule has 8 nitrogen and oxygen atoms in total. The molecule has 0 unspecified atom stereocenters. The van der Waals surface area contributed by atoms with Gasteiger partial charge in [0, 0.05) is 38.0 Å². The van der Waals surface area contributed by atoms with Crippen LogP contribution in [0, 0.1) is 0 Å². The van der Waals surface area contributed by atoms with Crippen LogP contribution in [-0.2, 0) is 17.6 Å². The zero-order valence-corrected chi connectivity index (χ0v) is 22.6. The van der Waals surface area contributed by atoms with Crippen LogP contribution in [0.1, 0.15) is 35.6 Å². The Balaban J connectivity index is 1.98. The molecular weight excluding hydrogens is 462 g/mol. The number of quaternary nitrogens is 1. The lowest BCUT2D eigenvalue weighted by Crippen LogP contribution is -2.52. The van der Waals surface area contributed by atoms with Crippen molar-refractivity contribution in [3.63, 3.8) is 0 Å². The minimum absolute atomic E-state index is 0.159. The number of nitrogens with zero attached hydrogens (tertiary/aromatic N) is 1. The van der Waals surface area contributed by atoms with E-state index in [1.165, 1.54) is 11.1 Å². The number of benzene rings is 2. The van der Waals surface area contributed by atoms with Crippen molar-refractivity contribution in [1.29, 1.82) is 0 Å². The molecule has 0 spiro atoms. The molecule has 0 saturated heterocycles. The van der Waals surface area contributed by atoms with Crippen LogP contribution in [0.2, 0.25) is 0 Å². The molecule has 8 heteroatoms. The van der Waals surface area contributed by atoms with Gasteiger partial charge in [0.15, 0.2) is 23.0 Å². The van der Waals surface area contributed by atoms with E-state index in [2.05, 4.69) is 19.2 Å². The molecule has 1 aliphatic heterocycles. The summed E-state index contributed by atoms with van der Waals surface area (Å²) >= 11 is 0. The Hall–Kier alpha value is -2.68. The number of methoxy groups -OCH3 is 5. The molecule has 2 aromatic rings. The van der Waals surface area contributed by atoms with Crippen molar-refractivity contribution in [2.24, 2.45) is 0 Å². The summed E-state index contributed by atoms with van der Waals surface area (Å²) in [5, 5.41) is 9.00. The van der Waals surface area contributed by atoms with Gasteiger partial charge in [0.25, 0.3) is 0 Å². The van der Waals surface area contributed by atoms with Gasteiger partial charge in [-0.2, -0.15) is 0 Å². The number of aliphatic hydroxyl groups excluding tert-OH is 1. The fraction of sp³-hybridized carbons (Fsp3) is 0.571. The molecule has 2 aromatic carbocycles. The third-order valence-electron chi connectivity index (χ3n) is 7.21. The summed E-state index contributed by atoms with van der Waals surface area (Å²) in [7, 11) is 10.6. The molecule has 0 bridgehead atoms. The van der Waals surface area contributed by atoms with E-state index < -0.39 is 0 Å². The van der Waals surface area contributed by atoms with E-state index in [0.29, 0.717) is 36.9 Å². The summed E-state index contributed by atoms with van der Waals surface area (Å²) in [6, 6.07) is 8.54. The zero-order chi connectivity index (χ0) is 26.1. The van der Waals surface area contributed by atoms with Crippen molar-refractivity contribution in [3.8, 4) is 28.7 Å². The predicted molar refractivity (Wildman–Crippen MR) is 139 cm³/mol. The number of rotatable bonds is 14. The first-order chi connectivity index (χ1) is 17.4. The first kappa shape index (κ1) is 27.9. The maximum atomic E-state index is 9.00. The van der Waals surface area contributed by atoms with Gasteiger partial charge in [0.2, 0.25) is 5.75 Å². The van der Waals surface area contributed by atoms with Crippen molar-refractivity contribution in [1.82, 2.24) is 0 Å². The minimum atomic E-state index is 0.159. The average Bonchev–Trinajstić information content (AvgIpc) is 2.90. The van der Waals surface area contributed by atoms with Gasteiger partial charge in [0.05, 0.1) is 62.3 Å². The first-order valence-corrected chi connectivity index (χ1v) is 12.5. The standard InChI is InChI=1S/C28H42NO7/c1-29(10-7-13-36-14-8-12-30)11-9-21-18-24(31-2)25(32-3)19-22(21)23(29)15-20-16-26(33-4)28(35-6)27(17-20)34-5/h16-19,23,30H,7-15H2,1-6H3/q+1/t23-,29-/m1/s1. The van der Waals surface area contributed by atoms with E-state index in [1.54, 1.807) is 35.5 Å². The second-order valence-corrected chi connectivity index (χ2v) is 9.38. The van der Waals surface area contributed by atoms with Crippen molar-refractivity contribution < 1.29 is 38.0 Å². The lowest BCUT2D eigenvalue weighted by molar-refractivity contribution is -0.941. The fourth-order valence-electron chi connectivity index (χ4n) is 5.20. The van der Waals surface area contributed by atoms with Crippen LogP contribution >= 0.6 is 0 Å². The lowest BCUT2D eigenvalue weighted by Gasteiger charge is -2.46. The Morgan fingerprint density at radius 1 is 0.806 bits per heavy atom. The van der Waals surface area contributed by atoms with Gasteiger partial charge in [-0.15, -0.1) is 0 Å². The van der Waals surface area contributed by atoms with Gasteiger partial charge in [-0.1, -0.05) is 0 Å². The SMILES string of the molecule is COc1cc2c(cc1OC)[C@@H](Cc1cc(OC)c(OC)c(OC)c1)[N@+](C)(CCCOCCCO)CC2. The number of ether oxygens (including phenoxy) is 6. The molecule has 1 N–H and O–H groups in total. The van der Waals surface area contributed by atoms with Gasteiger partial charge >= 0.3 is 0 Å². The summed E-state index contributed by atoms with van der Waals surface area (Å²) in [4.78, 5) is 0. The summed E-state index contributed by atoms with van der Waals surface area (Å²) in [5.41, 5.74) is 3.68. The Morgan fingerprint density at radius 3 is 2.00 bits per heavy atom. The van der Waals surface area contributed by atoms with Crippen LogP contribution in [0.3, 0.4) is 0 Å². The van der Waals surface area contributed by atoms with Gasteiger partial charge in [0.1, 0.15) is 6.04 Å². The molecule has 0 aliphatic carbocycles. The predicted octanol–water partition coefficient (Wildman–Crippen LogP) is 3.81. The molecule has 0 saturated carbocycles. The summed E-state index contributed by atoms with van der Waals surface area (Å²) < 4.78 is 34.7. The Bertz CT molecular complexity index is 971. The van der Waals surface area contributed by atoms with Gasteiger partial charge < -0.3 is 38.0 Å². The highest BCUT2D eigenvalue weighted by molar-refractivity contribution is 5.54. The van der Waals surface area contributed by atoms with Crippen LogP contribution in [-0.4, -0.2) is 85.1 Å². The topological polar surface area (TPSA) is 75.6 Å². The van der Waals surface area contributed by atoms with E-state index in [1.807, 2.05) is 12.1 Å². The fourth-order valence-corrected chi connectivity index (χ4v) is 5.20. The van der Waals surface area contributed by atoms with Crippen molar-refractivity contribution in [2.45, 2.75) is 31.7 Å². The highest BCUT2D eigenvalue weighted by atomic mass is 16.5. The largest absolute Gasteiger partial charge is 0.493 e. The Labute approximate surface area is 215 Å². The number of aliphatic hydroxyl groups is 1. The normalized spacial score (nSPS) is 18.9. The molecule has 0 fully saturated rings. The second kappa shape index (κ2) is 13.0.